The zero-order valence-electron chi connectivity index (χ0n) is 9.58. The summed E-state index contributed by atoms with van der Waals surface area (Å²) in [7, 11) is 1.83. The maximum Gasteiger partial charge on any atom is 0.321 e. The van der Waals surface area contributed by atoms with Gasteiger partial charge in [-0.1, -0.05) is 26.0 Å². The molecule has 2 amide bonds. The lowest BCUT2D eigenvalue weighted by molar-refractivity contribution is 0.211. The Kier molecular flexibility index (Phi) is 2.55. The van der Waals surface area contributed by atoms with Gasteiger partial charge in [0.25, 0.3) is 0 Å². The van der Waals surface area contributed by atoms with E-state index in [1.165, 1.54) is 12.0 Å². The van der Waals surface area contributed by atoms with Gasteiger partial charge in [0.1, 0.15) is 0 Å². The number of urea groups is 1. The van der Waals surface area contributed by atoms with E-state index >= 15 is 0 Å². The lowest BCUT2D eigenvalue weighted by Crippen LogP contribution is -2.44. The molecule has 2 atom stereocenters. The van der Waals surface area contributed by atoms with Crippen LogP contribution in [-0.2, 0) is 0 Å². The molecule has 2 fully saturated rings. The molecule has 1 N–H and O–H groups in total. The summed E-state index contributed by atoms with van der Waals surface area (Å²) in [4.78, 5) is 13.0. The van der Waals surface area contributed by atoms with Gasteiger partial charge in [0.2, 0.25) is 0 Å². The lowest BCUT2D eigenvalue weighted by atomic mass is 10.0. The van der Waals surface area contributed by atoms with Crippen molar-refractivity contribution in [2.75, 3.05) is 13.6 Å². The highest BCUT2D eigenvalue weighted by atomic mass is 16.2. The van der Waals surface area contributed by atoms with Crippen molar-refractivity contribution in [3.8, 4) is 0 Å². The minimum absolute atomic E-state index is 0. The van der Waals surface area contributed by atoms with E-state index in [9.17, 15) is 4.79 Å². The van der Waals surface area contributed by atoms with Crippen LogP contribution in [0.3, 0.4) is 0 Å². The number of likely N-dealkylation sites (N-methyl/N-ethyl adjacent to an activating group) is 1. The van der Waals surface area contributed by atoms with E-state index in [0.717, 1.165) is 18.2 Å². The van der Waals surface area contributed by atoms with Gasteiger partial charge >= 0.3 is 6.03 Å². The first-order valence-electron chi connectivity index (χ1n) is 5.69. The second-order valence-electron chi connectivity index (χ2n) is 4.12. The Morgan fingerprint density at radius 1 is 1.40 bits per heavy atom. The minimum atomic E-state index is 0. The number of carbonyl (C=O) groups is 1. The fourth-order valence-corrected chi connectivity index (χ4v) is 2.09. The average Bonchev–Trinajstić information content (AvgIpc) is 2.97. The number of rotatable bonds is 0. The first-order chi connectivity index (χ1) is 7.24. The van der Waals surface area contributed by atoms with E-state index in [2.05, 4.69) is 17.5 Å². The Hall–Kier alpha value is -1.25. The Morgan fingerprint density at radius 2 is 2.07 bits per heavy atom. The Morgan fingerprint density at radius 3 is 2.80 bits per heavy atom. The highest BCUT2D eigenvalue weighted by molar-refractivity contribution is 5.79. The van der Waals surface area contributed by atoms with Gasteiger partial charge in [0.05, 0.1) is 0 Å². The summed E-state index contributed by atoms with van der Waals surface area (Å²) in [6.45, 7) is 4.76. The first-order valence-corrected chi connectivity index (χ1v) is 5.69. The van der Waals surface area contributed by atoms with Crippen molar-refractivity contribution in [2.24, 2.45) is 11.8 Å². The number of hydrogen-bond acceptors (Lipinski definition) is 1. The maximum atomic E-state index is 11.3. The summed E-state index contributed by atoms with van der Waals surface area (Å²) in [6, 6.07) is 0.0162. The summed E-state index contributed by atoms with van der Waals surface area (Å²) in [6.07, 6.45) is 5.80. The van der Waals surface area contributed by atoms with Crippen LogP contribution >= 0.6 is 0 Å². The quantitative estimate of drug-likeness (QED) is 0.651. The van der Waals surface area contributed by atoms with Crippen molar-refractivity contribution in [1.82, 2.24) is 10.2 Å². The summed E-state index contributed by atoms with van der Waals surface area (Å²) in [5.74, 6) is 1.48. The Bertz CT molecular complexity index is 349. The summed E-state index contributed by atoms with van der Waals surface area (Å²) in [5, 5.41) is 2.90. The van der Waals surface area contributed by atoms with Crippen molar-refractivity contribution in [3.05, 3.63) is 23.4 Å². The molecule has 0 spiro atoms. The van der Waals surface area contributed by atoms with E-state index in [0.29, 0.717) is 5.92 Å². The predicted octanol–water partition coefficient (Wildman–Crippen LogP) is 2.37. The van der Waals surface area contributed by atoms with Gasteiger partial charge in [-0.25, -0.2) is 4.79 Å². The monoisotopic (exact) mass is 208 g/mol. The van der Waals surface area contributed by atoms with Crippen LogP contribution in [0.15, 0.2) is 23.4 Å². The number of nitrogens with zero attached hydrogens (tertiary/aromatic N) is 1. The summed E-state index contributed by atoms with van der Waals surface area (Å²) in [5.41, 5.74) is 2.35. The van der Waals surface area contributed by atoms with Crippen LogP contribution < -0.4 is 5.32 Å². The number of nitrogens with one attached hydrogen (secondary N) is 1. The van der Waals surface area contributed by atoms with E-state index < -0.39 is 0 Å². The molecular formula is C12H20N2O. The molecule has 1 saturated heterocycles. The number of carbonyl (C=O) groups excluding carboxylic acids is 1. The second-order valence-corrected chi connectivity index (χ2v) is 4.12. The van der Waals surface area contributed by atoms with E-state index in [-0.39, 0.29) is 7.46 Å². The van der Waals surface area contributed by atoms with Crippen molar-refractivity contribution >= 4 is 6.03 Å². The average molecular weight is 208 g/mol. The molecule has 1 aliphatic heterocycles. The van der Waals surface area contributed by atoms with Crippen LogP contribution in [-0.4, -0.2) is 24.5 Å². The highest BCUT2D eigenvalue weighted by Crippen LogP contribution is 2.46. The molecular weight excluding hydrogens is 188 g/mol. The lowest BCUT2D eigenvalue weighted by Gasteiger charge is -2.29. The van der Waals surface area contributed by atoms with Gasteiger partial charge in [-0.3, -0.25) is 0 Å². The standard InChI is InChI=1S/C10H12N2O.C2H6.H2/c1-12-5-8-3-6-2-7(6)4-9(8)11-10(12)13;1-2;/h3-4,6-7H,2,5H2,1H3,(H,11,13);1-2H3;1H. The molecule has 0 bridgehead atoms. The topological polar surface area (TPSA) is 32.3 Å². The van der Waals surface area contributed by atoms with Gasteiger partial charge < -0.3 is 10.2 Å². The third-order valence-corrected chi connectivity index (χ3v) is 3.03. The fourth-order valence-electron chi connectivity index (χ4n) is 2.09. The predicted molar refractivity (Wildman–Crippen MR) is 62.4 cm³/mol. The number of allylic oxidation sites excluding steroid dienone is 2. The molecule has 2 aliphatic carbocycles. The molecule has 3 aliphatic rings. The van der Waals surface area contributed by atoms with Crippen molar-refractivity contribution in [3.63, 3.8) is 0 Å². The van der Waals surface area contributed by atoms with Crippen LogP contribution in [0.5, 0.6) is 0 Å². The van der Waals surface area contributed by atoms with Crippen molar-refractivity contribution in [1.29, 1.82) is 0 Å². The van der Waals surface area contributed by atoms with Crippen LogP contribution in [0.25, 0.3) is 0 Å². The van der Waals surface area contributed by atoms with E-state index in [1.54, 1.807) is 4.90 Å². The van der Waals surface area contributed by atoms with Gasteiger partial charge in [-0.2, -0.15) is 0 Å². The SMILES string of the molecule is CC.CN1CC2=CC3CC3C=C2NC1=O.[HH]. The smallest absolute Gasteiger partial charge is 0.321 e. The van der Waals surface area contributed by atoms with E-state index in [4.69, 9.17) is 0 Å². The van der Waals surface area contributed by atoms with Crippen LogP contribution in [0.1, 0.15) is 21.7 Å². The number of amides is 2. The molecule has 0 aromatic carbocycles. The number of hydrogen-bond donors (Lipinski definition) is 1. The minimum Gasteiger partial charge on any atom is -0.323 e. The van der Waals surface area contributed by atoms with Crippen LogP contribution in [0.2, 0.25) is 0 Å². The second kappa shape index (κ2) is 3.72. The van der Waals surface area contributed by atoms with Crippen LogP contribution in [0, 0.1) is 11.8 Å². The molecule has 0 aromatic heterocycles. The van der Waals surface area contributed by atoms with Crippen molar-refractivity contribution in [2.45, 2.75) is 20.3 Å². The fraction of sp³-hybridized carbons (Fsp3) is 0.583. The molecule has 2 unspecified atom stereocenters. The molecule has 0 radical (unpaired) electrons. The van der Waals surface area contributed by atoms with Gasteiger partial charge in [-0.15, -0.1) is 0 Å². The van der Waals surface area contributed by atoms with E-state index in [1.807, 2.05) is 20.9 Å². The van der Waals surface area contributed by atoms with Gasteiger partial charge in [0, 0.05) is 20.7 Å². The largest absolute Gasteiger partial charge is 0.323 e. The highest BCUT2D eigenvalue weighted by Gasteiger charge is 2.39. The Balaban J connectivity index is 0.000000406. The molecule has 84 valence electrons. The van der Waals surface area contributed by atoms with Crippen molar-refractivity contribution < 1.29 is 6.22 Å². The zero-order chi connectivity index (χ0) is 11.0. The molecule has 3 heteroatoms. The third-order valence-electron chi connectivity index (χ3n) is 3.03. The third kappa shape index (κ3) is 1.78. The molecule has 3 rings (SSSR count). The molecule has 1 saturated carbocycles. The molecule has 3 nitrogen and oxygen atoms in total. The normalized spacial score (nSPS) is 31.1. The first kappa shape index (κ1) is 10.3. The Labute approximate surface area is 92.3 Å². The van der Waals surface area contributed by atoms with Gasteiger partial charge in [0.15, 0.2) is 0 Å². The maximum absolute atomic E-state index is 11.3. The summed E-state index contributed by atoms with van der Waals surface area (Å²) < 4.78 is 0. The van der Waals surface area contributed by atoms with Crippen LogP contribution in [0.4, 0.5) is 4.79 Å². The van der Waals surface area contributed by atoms with Gasteiger partial charge in [-0.05, 0) is 23.8 Å². The molecule has 15 heavy (non-hydrogen) atoms. The zero-order valence-corrected chi connectivity index (χ0v) is 9.58. The molecule has 1 heterocycles. The number of fused-ring (bicyclic) bond motifs is 2. The molecule has 0 aromatic rings. The summed E-state index contributed by atoms with van der Waals surface area (Å²) >= 11 is 0.